The Balaban J connectivity index is 2.06. The molecule has 24 heavy (non-hydrogen) atoms. The quantitative estimate of drug-likeness (QED) is 0.750. The average Bonchev–Trinajstić information content (AvgIpc) is 3.09. The van der Waals surface area contributed by atoms with Crippen LogP contribution in [0.5, 0.6) is 5.75 Å². The lowest BCUT2D eigenvalue weighted by atomic mass is 10.2. The van der Waals surface area contributed by atoms with Crippen molar-refractivity contribution in [2.24, 2.45) is 5.73 Å². The van der Waals surface area contributed by atoms with Gasteiger partial charge in [-0.1, -0.05) is 17.3 Å². The number of benzene rings is 1. The van der Waals surface area contributed by atoms with Gasteiger partial charge in [0.15, 0.2) is 0 Å². The molecule has 0 radical (unpaired) electrons. The summed E-state index contributed by atoms with van der Waals surface area (Å²) in [7, 11) is 1.58. The third kappa shape index (κ3) is 4.48. The summed E-state index contributed by atoms with van der Waals surface area (Å²) in [6.07, 6.45) is 2.60. The Morgan fingerprint density at radius 2 is 2.21 bits per heavy atom. The van der Waals surface area contributed by atoms with Crippen LogP contribution in [0.4, 0.5) is 0 Å². The van der Waals surface area contributed by atoms with Crippen LogP contribution in [0.25, 0.3) is 11.4 Å². The number of aromatic nitrogens is 2. The largest absolute Gasteiger partial charge is 0.496 e. The Labute approximate surface area is 145 Å². The van der Waals surface area contributed by atoms with Crippen molar-refractivity contribution < 1.29 is 14.1 Å². The Morgan fingerprint density at radius 1 is 1.46 bits per heavy atom. The molecule has 1 unspecified atom stereocenters. The monoisotopic (exact) mass is 350 g/mol. The van der Waals surface area contributed by atoms with Crippen molar-refractivity contribution in [1.82, 2.24) is 15.5 Å². The molecule has 0 bridgehead atoms. The summed E-state index contributed by atoms with van der Waals surface area (Å²) < 4.78 is 10.6. The molecule has 3 N–H and O–H groups in total. The van der Waals surface area contributed by atoms with Crippen LogP contribution in [-0.2, 0) is 4.79 Å². The van der Waals surface area contributed by atoms with Crippen LogP contribution in [-0.4, -0.2) is 41.2 Å². The summed E-state index contributed by atoms with van der Waals surface area (Å²) in [5, 5.41) is 6.76. The Hall–Kier alpha value is -2.06. The van der Waals surface area contributed by atoms with E-state index in [0.717, 1.165) is 11.3 Å². The number of thioether (sulfide) groups is 1. The van der Waals surface area contributed by atoms with Crippen molar-refractivity contribution in [3.63, 3.8) is 0 Å². The fourth-order valence-electron chi connectivity index (χ4n) is 2.11. The molecule has 1 aromatic heterocycles. The summed E-state index contributed by atoms with van der Waals surface area (Å²) in [4.78, 5) is 16.4. The maximum absolute atomic E-state index is 12.1. The standard InChI is InChI=1S/C16H22N4O3S/c1-10(18-15(21)12(17)8-9-24-3)16-19-14(20-23-16)11-6-4-5-7-13(11)22-2/h4-7,10,12H,8-9,17H2,1-3H3,(H,18,21)/t10?,12-/m0/s1. The minimum Gasteiger partial charge on any atom is -0.496 e. The highest BCUT2D eigenvalue weighted by molar-refractivity contribution is 7.98. The molecule has 0 saturated carbocycles. The maximum atomic E-state index is 12.1. The van der Waals surface area contributed by atoms with E-state index in [1.165, 1.54) is 0 Å². The van der Waals surface area contributed by atoms with Crippen LogP contribution in [0.15, 0.2) is 28.8 Å². The minimum absolute atomic E-state index is 0.228. The normalized spacial score (nSPS) is 13.3. The van der Waals surface area contributed by atoms with Crippen molar-refractivity contribution in [3.8, 4) is 17.1 Å². The van der Waals surface area contributed by atoms with Gasteiger partial charge in [-0.05, 0) is 37.5 Å². The molecular weight excluding hydrogens is 328 g/mol. The molecule has 0 fully saturated rings. The second-order valence-corrected chi connectivity index (χ2v) is 6.26. The van der Waals surface area contributed by atoms with Crippen LogP contribution in [0, 0.1) is 0 Å². The van der Waals surface area contributed by atoms with E-state index in [4.69, 9.17) is 15.0 Å². The Morgan fingerprint density at radius 3 is 2.92 bits per heavy atom. The molecule has 130 valence electrons. The summed E-state index contributed by atoms with van der Waals surface area (Å²) in [5.74, 6) is 1.99. The van der Waals surface area contributed by atoms with Gasteiger partial charge in [0.1, 0.15) is 11.8 Å². The van der Waals surface area contributed by atoms with Crippen LogP contribution in [0.3, 0.4) is 0 Å². The smallest absolute Gasteiger partial charge is 0.249 e. The molecule has 0 spiro atoms. The molecule has 7 nitrogen and oxygen atoms in total. The number of rotatable bonds is 8. The van der Waals surface area contributed by atoms with Gasteiger partial charge in [-0.3, -0.25) is 4.79 Å². The first-order valence-electron chi connectivity index (χ1n) is 7.58. The number of amides is 1. The van der Waals surface area contributed by atoms with Crippen LogP contribution >= 0.6 is 11.8 Å². The second kappa shape index (κ2) is 8.70. The first-order chi connectivity index (χ1) is 11.6. The summed E-state index contributed by atoms with van der Waals surface area (Å²) >= 11 is 1.65. The predicted molar refractivity (Wildman–Crippen MR) is 93.8 cm³/mol. The number of hydrogen-bond acceptors (Lipinski definition) is 7. The fraction of sp³-hybridized carbons (Fsp3) is 0.438. The fourth-order valence-corrected chi connectivity index (χ4v) is 2.60. The molecule has 0 aliphatic carbocycles. The van der Waals surface area contributed by atoms with Gasteiger partial charge >= 0.3 is 0 Å². The highest BCUT2D eigenvalue weighted by atomic mass is 32.2. The van der Waals surface area contributed by atoms with Gasteiger partial charge in [0, 0.05) is 0 Å². The number of nitrogens with zero attached hydrogens (tertiary/aromatic N) is 2. The number of carbonyl (C=O) groups excluding carboxylic acids is 1. The summed E-state index contributed by atoms with van der Waals surface area (Å²) in [5.41, 5.74) is 6.58. The lowest BCUT2D eigenvalue weighted by Gasteiger charge is -2.14. The number of nitrogens with two attached hydrogens (primary N) is 1. The molecular formula is C16H22N4O3S. The first-order valence-corrected chi connectivity index (χ1v) is 8.98. The highest BCUT2D eigenvalue weighted by Gasteiger charge is 2.21. The van der Waals surface area contributed by atoms with Crippen LogP contribution in [0.1, 0.15) is 25.3 Å². The summed E-state index contributed by atoms with van der Waals surface area (Å²) in [6.45, 7) is 1.78. The van der Waals surface area contributed by atoms with Gasteiger partial charge in [0.25, 0.3) is 0 Å². The molecule has 0 aliphatic heterocycles. The van der Waals surface area contributed by atoms with E-state index in [2.05, 4.69) is 15.5 Å². The zero-order valence-electron chi connectivity index (χ0n) is 14.0. The van der Waals surface area contributed by atoms with Gasteiger partial charge in [-0.25, -0.2) is 0 Å². The van der Waals surface area contributed by atoms with Gasteiger partial charge in [-0.15, -0.1) is 0 Å². The van der Waals surface area contributed by atoms with Gasteiger partial charge in [-0.2, -0.15) is 16.7 Å². The zero-order valence-corrected chi connectivity index (χ0v) is 14.8. The van der Waals surface area contributed by atoms with Crippen molar-refractivity contribution >= 4 is 17.7 Å². The highest BCUT2D eigenvalue weighted by Crippen LogP contribution is 2.27. The molecule has 0 aliphatic rings. The number of hydrogen-bond donors (Lipinski definition) is 2. The number of carbonyl (C=O) groups is 1. The van der Waals surface area contributed by atoms with Gasteiger partial charge in [0.05, 0.1) is 18.7 Å². The molecule has 2 rings (SSSR count). The molecule has 2 atom stereocenters. The number of ether oxygens (including phenoxy) is 1. The third-order valence-electron chi connectivity index (χ3n) is 3.49. The molecule has 1 heterocycles. The molecule has 8 heteroatoms. The lowest BCUT2D eigenvalue weighted by Crippen LogP contribution is -2.42. The topological polar surface area (TPSA) is 103 Å². The van der Waals surface area contributed by atoms with Crippen molar-refractivity contribution in [2.45, 2.75) is 25.4 Å². The number of nitrogens with one attached hydrogen (secondary N) is 1. The van der Waals surface area contributed by atoms with Crippen molar-refractivity contribution in [1.29, 1.82) is 0 Å². The molecule has 1 amide bonds. The lowest BCUT2D eigenvalue weighted by molar-refractivity contribution is -0.123. The molecule has 1 aromatic carbocycles. The van der Waals surface area contributed by atoms with E-state index in [0.29, 0.717) is 23.9 Å². The van der Waals surface area contributed by atoms with E-state index < -0.39 is 12.1 Å². The Bertz CT molecular complexity index is 677. The third-order valence-corrected chi connectivity index (χ3v) is 4.13. The van der Waals surface area contributed by atoms with E-state index in [9.17, 15) is 4.79 Å². The van der Waals surface area contributed by atoms with E-state index in [1.54, 1.807) is 25.8 Å². The van der Waals surface area contributed by atoms with Crippen molar-refractivity contribution in [3.05, 3.63) is 30.2 Å². The minimum atomic E-state index is -0.545. The summed E-state index contributed by atoms with van der Waals surface area (Å²) in [6, 6.07) is 6.42. The Kier molecular flexibility index (Phi) is 6.62. The zero-order chi connectivity index (χ0) is 17.5. The molecule has 2 aromatic rings. The SMILES string of the molecule is COc1ccccc1-c1noc(C(C)NC(=O)[C@@H](N)CCSC)n1. The van der Waals surface area contributed by atoms with E-state index >= 15 is 0 Å². The van der Waals surface area contributed by atoms with E-state index in [1.807, 2.05) is 30.5 Å². The maximum Gasteiger partial charge on any atom is 0.249 e. The second-order valence-electron chi connectivity index (χ2n) is 5.27. The number of methoxy groups -OCH3 is 1. The van der Waals surface area contributed by atoms with Gasteiger partial charge in [0.2, 0.25) is 17.6 Å². The first kappa shape index (κ1) is 18.3. The van der Waals surface area contributed by atoms with Crippen LogP contribution < -0.4 is 15.8 Å². The van der Waals surface area contributed by atoms with Crippen molar-refractivity contribution in [2.75, 3.05) is 19.1 Å². The average molecular weight is 350 g/mol. The number of para-hydroxylation sites is 1. The predicted octanol–water partition coefficient (Wildman–Crippen LogP) is 2.00. The molecule has 0 saturated heterocycles. The van der Waals surface area contributed by atoms with E-state index in [-0.39, 0.29) is 5.91 Å². The van der Waals surface area contributed by atoms with Gasteiger partial charge < -0.3 is 20.3 Å². The van der Waals surface area contributed by atoms with Crippen LogP contribution in [0.2, 0.25) is 0 Å².